The lowest BCUT2D eigenvalue weighted by Gasteiger charge is -2.28. The van der Waals surface area contributed by atoms with Crippen molar-refractivity contribution in [1.29, 1.82) is 5.26 Å². The average Bonchev–Trinajstić information content (AvgIpc) is 3.32. The van der Waals surface area contributed by atoms with Gasteiger partial charge in [0.2, 0.25) is 5.82 Å². The fourth-order valence-corrected chi connectivity index (χ4v) is 4.31. The van der Waals surface area contributed by atoms with Gasteiger partial charge in [0.15, 0.2) is 0 Å². The van der Waals surface area contributed by atoms with Gasteiger partial charge in [-0.25, -0.2) is 4.79 Å². The first-order valence-electron chi connectivity index (χ1n) is 12.8. The van der Waals surface area contributed by atoms with Crippen LogP contribution in [0.15, 0.2) is 53.3 Å². The number of ether oxygens (including phenoxy) is 4. The number of esters is 1. The SMILES string of the molecule is C=C(C)OC(=O)N1CCOc2c(-c3noc(-c4ccc(OC(C)C)c(C#N)c4)n3)cccc2C1CC(=O)OCC. The molecule has 0 bridgehead atoms. The number of carbonyl (C=O) groups is 2. The van der Waals surface area contributed by atoms with Gasteiger partial charge in [0.25, 0.3) is 5.89 Å². The van der Waals surface area contributed by atoms with Crippen LogP contribution >= 0.6 is 0 Å². The van der Waals surface area contributed by atoms with Crippen molar-refractivity contribution in [3.05, 3.63) is 59.9 Å². The first-order valence-corrected chi connectivity index (χ1v) is 12.8. The monoisotopic (exact) mass is 546 g/mol. The Morgan fingerprint density at radius 1 is 1.27 bits per heavy atom. The van der Waals surface area contributed by atoms with E-state index in [0.29, 0.717) is 33.8 Å². The highest BCUT2D eigenvalue weighted by atomic mass is 16.6. The van der Waals surface area contributed by atoms with E-state index in [0.717, 1.165) is 0 Å². The molecular weight excluding hydrogens is 516 g/mol. The lowest BCUT2D eigenvalue weighted by Crippen LogP contribution is -2.37. The quantitative estimate of drug-likeness (QED) is 0.266. The van der Waals surface area contributed by atoms with Gasteiger partial charge in [-0.15, -0.1) is 0 Å². The number of nitrogens with zero attached hydrogens (tertiary/aromatic N) is 4. The van der Waals surface area contributed by atoms with Gasteiger partial charge in [0.1, 0.15) is 24.2 Å². The molecule has 4 rings (SSSR count). The van der Waals surface area contributed by atoms with Gasteiger partial charge in [-0.2, -0.15) is 10.2 Å². The number of rotatable bonds is 8. The molecule has 0 aliphatic carbocycles. The minimum Gasteiger partial charge on any atom is -0.491 e. The summed E-state index contributed by atoms with van der Waals surface area (Å²) in [5, 5.41) is 13.7. The van der Waals surface area contributed by atoms with Crippen LogP contribution in [0.1, 0.15) is 51.3 Å². The van der Waals surface area contributed by atoms with Crippen molar-refractivity contribution >= 4 is 12.1 Å². The molecule has 0 radical (unpaired) electrons. The topological polar surface area (TPSA) is 137 Å². The number of amides is 1. The van der Waals surface area contributed by atoms with Gasteiger partial charge in [0.05, 0.1) is 48.6 Å². The highest BCUT2D eigenvalue weighted by molar-refractivity contribution is 5.76. The van der Waals surface area contributed by atoms with E-state index < -0.39 is 18.1 Å². The van der Waals surface area contributed by atoms with E-state index in [4.69, 9.17) is 23.5 Å². The molecule has 11 nitrogen and oxygen atoms in total. The van der Waals surface area contributed by atoms with Gasteiger partial charge in [-0.1, -0.05) is 23.9 Å². The summed E-state index contributed by atoms with van der Waals surface area (Å²) in [6.07, 6.45) is -0.853. The van der Waals surface area contributed by atoms with Crippen molar-refractivity contribution in [2.45, 2.75) is 46.3 Å². The number of aromatic nitrogens is 2. The number of nitriles is 1. The van der Waals surface area contributed by atoms with Crippen molar-refractivity contribution in [3.63, 3.8) is 0 Å². The van der Waals surface area contributed by atoms with Crippen molar-refractivity contribution in [2.75, 3.05) is 19.8 Å². The van der Waals surface area contributed by atoms with Crippen molar-refractivity contribution in [3.8, 4) is 40.4 Å². The maximum Gasteiger partial charge on any atom is 0.415 e. The minimum absolute atomic E-state index is 0.0903. The van der Waals surface area contributed by atoms with Crippen LogP contribution in [-0.4, -0.2) is 53.0 Å². The summed E-state index contributed by atoms with van der Waals surface area (Å²) >= 11 is 0. The molecule has 40 heavy (non-hydrogen) atoms. The van der Waals surface area contributed by atoms with Crippen molar-refractivity contribution in [2.24, 2.45) is 0 Å². The van der Waals surface area contributed by atoms with Gasteiger partial charge >= 0.3 is 12.1 Å². The smallest absolute Gasteiger partial charge is 0.415 e. The van der Waals surface area contributed by atoms with Crippen LogP contribution in [0, 0.1) is 11.3 Å². The van der Waals surface area contributed by atoms with E-state index >= 15 is 0 Å². The second kappa shape index (κ2) is 12.3. The molecule has 1 aliphatic rings. The largest absolute Gasteiger partial charge is 0.491 e. The van der Waals surface area contributed by atoms with E-state index in [-0.39, 0.29) is 49.8 Å². The van der Waals surface area contributed by atoms with Crippen molar-refractivity contribution < 1.29 is 33.1 Å². The number of fused-ring (bicyclic) bond motifs is 1. The first kappa shape index (κ1) is 28.2. The number of carbonyl (C=O) groups excluding carboxylic acids is 2. The number of allylic oxidation sites excluding steroid dienone is 1. The molecule has 0 saturated heterocycles. The Kier molecular flexibility index (Phi) is 8.69. The number of benzene rings is 2. The van der Waals surface area contributed by atoms with E-state index in [2.05, 4.69) is 22.8 Å². The fraction of sp³-hybridized carbons (Fsp3) is 0.345. The molecule has 1 aliphatic heterocycles. The Labute approximate surface area is 231 Å². The molecular formula is C29H30N4O7. The molecule has 0 N–H and O–H groups in total. The lowest BCUT2D eigenvalue weighted by atomic mass is 9.98. The number of hydrogen-bond donors (Lipinski definition) is 0. The van der Waals surface area contributed by atoms with Crippen LogP contribution in [0.5, 0.6) is 11.5 Å². The predicted molar refractivity (Wildman–Crippen MR) is 143 cm³/mol. The van der Waals surface area contributed by atoms with Gasteiger partial charge in [0, 0.05) is 11.1 Å². The summed E-state index contributed by atoms with van der Waals surface area (Å²) < 4.78 is 27.8. The Bertz CT molecular complexity index is 1460. The van der Waals surface area contributed by atoms with Gasteiger partial charge in [-0.05, 0) is 52.0 Å². The highest BCUT2D eigenvalue weighted by Gasteiger charge is 2.35. The Morgan fingerprint density at radius 3 is 2.77 bits per heavy atom. The van der Waals surface area contributed by atoms with E-state index in [1.54, 1.807) is 50.2 Å². The first-order chi connectivity index (χ1) is 19.2. The van der Waals surface area contributed by atoms with Crippen LogP contribution < -0.4 is 9.47 Å². The summed E-state index contributed by atoms with van der Waals surface area (Å²) in [5.41, 5.74) is 1.96. The third-order valence-corrected chi connectivity index (χ3v) is 5.90. The molecule has 11 heteroatoms. The van der Waals surface area contributed by atoms with Crippen LogP contribution in [0.25, 0.3) is 22.8 Å². The molecule has 1 aromatic heterocycles. The molecule has 2 heterocycles. The summed E-state index contributed by atoms with van der Waals surface area (Å²) in [4.78, 5) is 31.4. The van der Waals surface area contributed by atoms with Crippen LogP contribution in [0.3, 0.4) is 0 Å². The second-order valence-corrected chi connectivity index (χ2v) is 9.27. The summed E-state index contributed by atoms with van der Waals surface area (Å²) in [6, 6.07) is 11.7. The maximum atomic E-state index is 12.9. The molecule has 1 amide bonds. The van der Waals surface area contributed by atoms with E-state index in [1.807, 2.05) is 13.8 Å². The molecule has 0 spiro atoms. The Morgan fingerprint density at radius 2 is 2.08 bits per heavy atom. The number of para-hydroxylation sites is 1. The standard InChI is InChI=1S/C29H30N4O7/c1-6-36-25(34)15-23-21-8-7-9-22(26(21)37-13-12-33(23)29(35)39-18(4)5)27-31-28(40-32-27)19-10-11-24(38-17(2)3)20(14-19)16-30/h7-11,14,17,23H,4,6,12-13,15H2,1-3,5H3. The van der Waals surface area contributed by atoms with Crippen LogP contribution in [0.4, 0.5) is 4.79 Å². The zero-order valence-corrected chi connectivity index (χ0v) is 22.8. The van der Waals surface area contributed by atoms with Gasteiger partial charge in [-0.3, -0.25) is 9.69 Å². The third kappa shape index (κ3) is 6.23. The lowest BCUT2D eigenvalue weighted by molar-refractivity contribution is -0.144. The summed E-state index contributed by atoms with van der Waals surface area (Å²) in [5.74, 6) is 1.06. The molecule has 0 saturated carbocycles. The predicted octanol–water partition coefficient (Wildman–Crippen LogP) is 5.42. The van der Waals surface area contributed by atoms with E-state index in [9.17, 15) is 14.9 Å². The fourth-order valence-electron chi connectivity index (χ4n) is 4.31. The average molecular weight is 547 g/mol. The molecule has 3 aromatic rings. The van der Waals surface area contributed by atoms with E-state index in [1.165, 1.54) is 4.90 Å². The second-order valence-electron chi connectivity index (χ2n) is 9.27. The minimum atomic E-state index is -0.735. The zero-order valence-electron chi connectivity index (χ0n) is 22.8. The maximum absolute atomic E-state index is 12.9. The Balaban J connectivity index is 1.72. The molecule has 208 valence electrons. The Hall–Kier alpha value is -4.85. The normalized spacial score (nSPS) is 14.4. The molecule has 1 atom stereocenters. The molecule has 1 unspecified atom stereocenters. The van der Waals surface area contributed by atoms with Crippen LogP contribution in [-0.2, 0) is 14.3 Å². The third-order valence-electron chi connectivity index (χ3n) is 5.90. The highest BCUT2D eigenvalue weighted by Crippen LogP contribution is 2.41. The van der Waals surface area contributed by atoms with Crippen molar-refractivity contribution in [1.82, 2.24) is 15.0 Å². The number of hydrogen-bond acceptors (Lipinski definition) is 10. The molecule has 2 aromatic carbocycles. The van der Waals surface area contributed by atoms with Gasteiger partial charge < -0.3 is 23.5 Å². The summed E-state index contributed by atoms with van der Waals surface area (Å²) in [6.45, 7) is 11.2. The van der Waals surface area contributed by atoms with Crippen LogP contribution in [0.2, 0.25) is 0 Å². The molecule has 0 fully saturated rings. The summed E-state index contributed by atoms with van der Waals surface area (Å²) in [7, 11) is 0. The zero-order chi connectivity index (χ0) is 28.8.